The van der Waals surface area contributed by atoms with Crippen molar-refractivity contribution in [1.29, 1.82) is 0 Å². The van der Waals surface area contributed by atoms with Gasteiger partial charge in [0.25, 0.3) is 0 Å². The van der Waals surface area contributed by atoms with E-state index < -0.39 is 0 Å². The van der Waals surface area contributed by atoms with Crippen LogP contribution in [-0.2, 0) is 13.5 Å². The first kappa shape index (κ1) is 13.4. The molecule has 1 aromatic heterocycles. The van der Waals surface area contributed by atoms with E-state index in [-0.39, 0.29) is 0 Å². The van der Waals surface area contributed by atoms with Gasteiger partial charge in [-0.15, -0.1) is 0 Å². The molecule has 0 saturated heterocycles. The Hall–Kier alpha value is -2.08. The quantitative estimate of drug-likeness (QED) is 0.870. The molecule has 0 unspecified atom stereocenters. The maximum atomic E-state index is 5.52. The highest BCUT2D eigenvalue weighted by atomic mass is 16.5. The monoisotopic (exact) mass is 262 g/mol. The molecule has 6 nitrogen and oxygen atoms in total. The second kappa shape index (κ2) is 5.71. The molecule has 19 heavy (non-hydrogen) atoms. The van der Waals surface area contributed by atoms with E-state index in [0.29, 0.717) is 24.5 Å². The zero-order chi connectivity index (χ0) is 13.8. The molecule has 102 valence electrons. The summed E-state index contributed by atoms with van der Waals surface area (Å²) < 4.78 is 12.2. The van der Waals surface area contributed by atoms with E-state index in [1.807, 2.05) is 25.2 Å². The van der Waals surface area contributed by atoms with Crippen molar-refractivity contribution < 1.29 is 9.47 Å². The Labute approximate surface area is 112 Å². The van der Waals surface area contributed by atoms with Crippen molar-refractivity contribution in [3.63, 3.8) is 0 Å². The van der Waals surface area contributed by atoms with Crippen molar-refractivity contribution in [3.05, 3.63) is 24.0 Å². The number of benzene rings is 1. The zero-order valence-electron chi connectivity index (χ0n) is 11.4. The molecule has 0 aliphatic carbocycles. The molecule has 2 N–H and O–H groups in total. The van der Waals surface area contributed by atoms with E-state index in [4.69, 9.17) is 15.2 Å². The minimum absolute atomic E-state index is 0.537. The van der Waals surface area contributed by atoms with Crippen LogP contribution in [0.15, 0.2) is 18.2 Å². The van der Waals surface area contributed by atoms with E-state index in [2.05, 4.69) is 10.1 Å². The lowest BCUT2D eigenvalue weighted by atomic mass is 10.2. The summed E-state index contributed by atoms with van der Waals surface area (Å²) in [6, 6.07) is 5.66. The predicted octanol–water partition coefficient (Wildman–Crippen LogP) is 1.00. The van der Waals surface area contributed by atoms with E-state index in [1.54, 1.807) is 18.9 Å². The second-order valence-corrected chi connectivity index (χ2v) is 4.08. The Kier molecular flexibility index (Phi) is 4.01. The van der Waals surface area contributed by atoms with E-state index >= 15 is 0 Å². The highest BCUT2D eigenvalue weighted by molar-refractivity contribution is 5.61. The zero-order valence-corrected chi connectivity index (χ0v) is 11.4. The largest absolute Gasteiger partial charge is 0.493 e. The van der Waals surface area contributed by atoms with Crippen molar-refractivity contribution >= 4 is 0 Å². The lowest BCUT2D eigenvalue weighted by Gasteiger charge is -2.08. The fourth-order valence-electron chi connectivity index (χ4n) is 1.90. The summed E-state index contributed by atoms with van der Waals surface area (Å²) in [6.07, 6.45) is 0.668. The molecule has 6 heteroatoms. The lowest BCUT2D eigenvalue weighted by Crippen LogP contribution is -2.04. The number of ether oxygens (including phenoxy) is 2. The molecule has 1 heterocycles. The van der Waals surface area contributed by atoms with E-state index in [0.717, 1.165) is 17.2 Å². The van der Waals surface area contributed by atoms with E-state index in [9.17, 15) is 0 Å². The molecule has 0 aliphatic rings. The van der Waals surface area contributed by atoms with Crippen LogP contribution in [-0.4, -0.2) is 35.5 Å². The maximum absolute atomic E-state index is 5.52. The van der Waals surface area contributed by atoms with E-state index in [1.165, 1.54) is 0 Å². The average molecular weight is 262 g/mol. The molecular formula is C13H18N4O2. The molecular weight excluding hydrogens is 244 g/mol. The van der Waals surface area contributed by atoms with Crippen molar-refractivity contribution in [1.82, 2.24) is 14.8 Å². The molecule has 0 atom stereocenters. The van der Waals surface area contributed by atoms with Gasteiger partial charge in [0.05, 0.1) is 14.2 Å². The predicted molar refractivity (Wildman–Crippen MR) is 72.3 cm³/mol. The summed E-state index contributed by atoms with van der Waals surface area (Å²) in [4.78, 5) is 4.48. The van der Waals surface area contributed by atoms with Crippen LogP contribution in [0.25, 0.3) is 11.4 Å². The van der Waals surface area contributed by atoms with Gasteiger partial charge in [0, 0.05) is 19.0 Å². The molecule has 0 spiro atoms. The number of aryl methyl sites for hydroxylation is 1. The summed E-state index contributed by atoms with van der Waals surface area (Å²) in [6.45, 7) is 0.537. The third-order valence-corrected chi connectivity index (χ3v) is 2.82. The topological polar surface area (TPSA) is 75.2 Å². The Bertz CT molecular complexity index is 566. The number of hydrogen-bond acceptors (Lipinski definition) is 5. The molecule has 0 aliphatic heterocycles. The Morgan fingerprint density at radius 3 is 2.58 bits per heavy atom. The summed E-state index contributed by atoms with van der Waals surface area (Å²) >= 11 is 0. The van der Waals surface area contributed by atoms with Crippen LogP contribution < -0.4 is 15.2 Å². The first-order valence-corrected chi connectivity index (χ1v) is 6.02. The van der Waals surface area contributed by atoms with Gasteiger partial charge in [-0.2, -0.15) is 5.10 Å². The SMILES string of the molecule is COc1ccc(-c2nc(CCN)nn2C)cc1OC. The molecule has 0 amide bonds. The highest BCUT2D eigenvalue weighted by Gasteiger charge is 2.12. The van der Waals surface area contributed by atoms with Crippen molar-refractivity contribution in [2.75, 3.05) is 20.8 Å². The number of nitrogens with zero attached hydrogens (tertiary/aromatic N) is 3. The van der Waals surface area contributed by atoms with Gasteiger partial charge >= 0.3 is 0 Å². The molecule has 0 radical (unpaired) electrons. The molecule has 2 rings (SSSR count). The number of methoxy groups -OCH3 is 2. The van der Waals surface area contributed by atoms with Gasteiger partial charge in [-0.1, -0.05) is 0 Å². The van der Waals surface area contributed by atoms with Gasteiger partial charge in [0.15, 0.2) is 23.1 Å². The van der Waals surface area contributed by atoms with Gasteiger partial charge in [0.2, 0.25) is 0 Å². The van der Waals surface area contributed by atoms with Crippen molar-refractivity contribution in [3.8, 4) is 22.9 Å². The van der Waals surface area contributed by atoms with Crippen LogP contribution in [0.4, 0.5) is 0 Å². The Morgan fingerprint density at radius 1 is 1.21 bits per heavy atom. The van der Waals surface area contributed by atoms with Gasteiger partial charge in [-0.25, -0.2) is 9.67 Å². The fourth-order valence-corrected chi connectivity index (χ4v) is 1.90. The normalized spacial score (nSPS) is 10.5. The summed E-state index contributed by atoms with van der Waals surface area (Å²) in [5.74, 6) is 2.89. The molecule has 0 fully saturated rings. The molecule has 0 bridgehead atoms. The van der Waals surface area contributed by atoms with Crippen LogP contribution in [0.5, 0.6) is 11.5 Å². The van der Waals surface area contributed by atoms with Crippen LogP contribution in [0.3, 0.4) is 0 Å². The van der Waals surface area contributed by atoms with Gasteiger partial charge < -0.3 is 15.2 Å². The number of aromatic nitrogens is 3. The maximum Gasteiger partial charge on any atom is 0.161 e. The summed E-state index contributed by atoms with van der Waals surface area (Å²) in [7, 11) is 5.08. The fraction of sp³-hybridized carbons (Fsp3) is 0.385. The van der Waals surface area contributed by atoms with Crippen LogP contribution in [0, 0.1) is 0 Å². The van der Waals surface area contributed by atoms with Crippen LogP contribution in [0.2, 0.25) is 0 Å². The van der Waals surface area contributed by atoms with Crippen molar-refractivity contribution in [2.24, 2.45) is 12.8 Å². The highest BCUT2D eigenvalue weighted by Crippen LogP contribution is 2.31. The minimum atomic E-state index is 0.537. The smallest absolute Gasteiger partial charge is 0.161 e. The second-order valence-electron chi connectivity index (χ2n) is 4.08. The number of nitrogens with two attached hydrogens (primary N) is 1. The first-order valence-electron chi connectivity index (χ1n) is 6.02. The first-order chi connectivity index (χ1) is 9.19. The Morgan fingerprint density at radius 2 is 1.95 bits per heavy atom. The van der Waals surface area contributed by atoms with Gasteiger partial charge in [-0.3, -0.25) is 0 Å². The lowest BCUT2D eigenvalue weighted by molar-refractivity contribution is 0.355. The van der Waals surface area contributed by atoms with Crippen LogP contribution in [0.1, 0.15) is 5.82 Å². The Balaban J connectivity index is 2.41. The summed E-state index contributed by atoms with van der Waals surface area (Å²) in [5, 5.41) is 4.33. The molecule has 0 saturated carbocycles. The standard InChI is InChI=1S/C13H18N4O2/c1-17-13(15-12(16-17)6-7-14)9-4-5-10(18-2)11(8-9)19-3/h4-5,8H,6-7,14H2,1-3H3. The van der Waals surface area contributed by atoms with Gasteiger partial charge in [-0.05, 0) is 24.7 Å². The third-order valence-electron chi connectivity index (χ3n) is 2.82. The number of hydrogen-bond donors (Lipinski definition) is 1. The summed E-state index contributed by atoms with van der Waals surface area (Å²) in [5.41, 5.74) is 6.44. The third kappa shape index (κ3) is 2.68. The van der Waals surface area contributed by atoms with Crippen LogP contribution >= 0.6 is 0 Å². The average Bonchev–Trinajstić information content (AvgIpc) is 2.79. The van der Waals surface area contributed by atoms with Crippen molar-refractivity contribution in [2.45, 2.75) is 6.42 Å². The van der Waals surface area contributed by atoms with Gasteiger partial charge in [0.1, 0.15) is 0 Å². The molecule has 1 aromatic carbocycles. The molecule has 2 aromatic rings. The minimum Gasteiger partial charge on any atom is -0.493 e. The number of rotatable bonds is 5.